The molecule has 3 rings (SSSR count). The maximum absolute atomic E-state index is 12.5. The van der Waals surface area contributed by atoms with Gasteiger partial charge in [0.1, 0.15) is 18.2 Å². The highest BCUT2D eigenvalue weighted by molar-refractivity contribution is 5.86. The molecular weight excluding hydrogens is 426 g/mol. The van der Waals surface area contributed by atoms with Crippen LogP contribution in [-0.2, 0) is 19.1 Å². The second-order valence-corrected chi connectivity index (χ2v) is 8.58. The van der Waals surface area contributed by atoms with E-state index in [1.54, 1.807) is 20.8 Å². The maximum atomic E-state index is 12.5. The Hall–Kier alpha value is -3.59. The third kappa shape index (κ3) is 6.23. The molecule has 3 amide bonds. The second-order valence-electron chi connectivity index (χ2n) is 8.58. The van der Waals surface area contributed by atoms with Gasteiger partial charge in [0.05, 0.1) is 13.7 Å². The summed E-state index contributed by atoms with van der Waals surface area (Å²) >= 11 is 0. The number of hydrogen-bond donors (Lipinski definition) is 3. The van der Waals surface area contributed by atoms with E-state index in [0.29, 0.717) is 0 Å². The quantitative estimate of drug-likeness (QED) is 0.553. The number of hydroxylamine groups is 1. The highest BCUT2D eigenvalue weighted by atomic mass is 16.6. The number of ether oxygens (including phenoxy) is 2. The van der Waals surface area contributed by atoms with Gasteiger partial charge in [-0.15, -0.1) is 0 Å². The fourth-order valence-electron chi connectivity index (χ4n) is 3.66. The Balaban J connectivity index is 1.62. The molecule has 2 aromatic rings. The van der Waals surface area contributed by atoms with Crippen molar-refractivity contribution < 1.29 is 28.7 Å². The van der Waals surface area contributed by atoms with Crippen molar-refractivity contribution in [2.45, 2.75) is 38.3 Å². The van der Waals surface area contributed by atoms with E-state index in [2.05, 4.69) is 21.0 Å². The molecule has 0 bridgehead atoms. The summed E-state index contributed by atoms with van der Waals surface area (Å²) in [6.45, 7) is 5.04. The lowest BCUT2D eigenvalue weighted by atomic mass is 9.98. The first-order valence-corrected chi connectivity index (χ1v) is 10.6. The smallest absolute Gasteiger partial charge is 0.407 e. The molecule has 0 saturated carbocycles. The molecule has 0 spiro atoms. The van der Waals surface area contributed by atoms with E-state index in [0.717, 1.165) is 22.3 Å². The first-order valence-electron chi connectivity index (χ1n) is 10.6. The van der Waals surface area contributed by atoms with Gasteiger partial charge in [-0.25, -0.2) is 15.1 Å². The normalized spacial score (nSPS) is 13.3. The van der Waals surface area contributed by atoms with Crippen LogP contribution in [0.5, 0.6) is 0 Å². The van der Waals surface area contributed by atoms with Crippen LogP contribution in [0.15, 0.2) is 48.5 Å². The van der Waals surface area contributed by atoms with Crippen LogP contribution in [-0.4, -0.2) is 50.0 Å². The Bertz CT molecular complexity index is 972. The monoisotopic (exact) mass is 455 g/mol. The van der Waals surface area contributed by atoms with Gasteiger partial charge in [0.2, 0.25) is 0 Å². The van der Waals surface area contributed by atoms with Crippen LogP contribution in [0, 0.1) is 0 Å². The summed E-state index contributed by atoms with van der Waals surface area (Å²) in [6, 6.07) is 14.8. The molecular formula is C24H29N3O6. The Kier molecular flexibility index (Phi) is 7.55. The van der Waals surface area contributed by atoms with E-state index in [4.69, 9.17) is 9.47 Å². The number of benzene rings is 2. The zero-order valence-corrected chi connectivity index (χ0v) is 19.1. The van der Waals surface area contributed by atoms with Gasteiger partial charge in [0, 0.05) is 5.92 Å². The Labute approximate surface area is 192 Å². The fraction of sp³-hybridized carbons (Fsp3) is 0.375. The van der Waals surface area contributed by atoms with Gasteiger partial charge in [-0.1, -0.05) is 48.5 Å². The maximum Gasteiger partial charge on any atom is 0.407 e. The third-order valence-corrected chi connectivity index (χ3v) is 5.00. The zero-order chi connectivity index (χ0) is 24.0. The number of amides is 3. The van der Waals surface area contributed by atoms with Gasteiger partial charge in [0.15, 0.2) is 0 Å². The lowest BCUT2D eigenvalue weighted by molar-refractivity contribution is -0.133. The first kappa shape index (κ1) is 24.1. The topological polar surface area (TPSA) is 115 Å². The number of rotatable bonds is 7. The van der Waals surface area contributed by atoms with E-state index in [-0.39, 0.29) is 19.1 Å². The predicted molar refractivity (Wildman–Crippen MR) is 121 cm³/mol. The van der Waals surface area contributed by atoms with Gasteiger partial charge in [0.25, 0.3) is 5.91 Å². The molecule has 0 heterocycles. The number of alkyl carbamates (subject to hydrolysis) is 2. The minimum atomic E-state index is -1.13. The number of fused-ring (bicyclic) bond motifs is 3. The molecule has 0 fully saturated rings. The van der Waals surface area contributed by atoms with Crippen LogP contribution in [0.2, 0.25) is 0 Å². The lowest BCUT2D eigenvalue weighted by Gasteiger charge is -2.22. The molecule has 0 saturated heterocycles. The zero-order valence-electron chi connectivity index (χ0n) is 19.1. The fourth-order valence-corrected chi connectivity index (χ4v) is 3.66. The van der Waals surface area contributed by atoms with Crippen molar-refractivity contribution in [2.24, 2.45) is 0 Å². The van der Waals surface area contributed by atoms with Gasteiger partial charge >= 0.3 is 12.2 Å². The summed E-state index contributed by atoms with van der Waals surface area (Å²) in [6.07, 6.45) is -1.51. The lowest BCUT2D eigenvalue weighted by Crippen LogP contribution is -2.53. The number of carbonyl (C=O) groups excluding carboxylic acids is 3. The summed E-state index contributed by atoms with van der Waals surface area (Å²) in [4.78, 5) is 41.3. The van der Waals surface area contributed by atoms with Crippen molar-refractivity contribution in [3.05, 3.63) is 59.7 Å². The van der Waals surface area contributed by atoms with Crippen LogP contribution in [0.3, 0.4) is 0 Å². The third-order valence-electron chi connectivity index (χ3n) is 5.00. The van der Waals surface area contributed by atoms with Crippen molar-refractivity contribution in [1.29, 1.82) is 0 Å². The van der Waals surface area contributed by atoms with E-state index in [9.17, 15) is 14.4 Å². The van der Waals surface area contributed by atoms with Crippen LogP contribution in [0.4, 0.5) is 9.59 Å². The second kappa shape index (κ2) is 10.4. The minimum absolute atomic E-state index is 0.0952. The van der Waals surface area contributed by atoms with Crippen molar-refractivity contribution in [3.63, 3.8) is 0 Å². The van der Waals surface area contributed by atoms with Crippen molar-refractivity contribution in [1.82, 2.24) is 16.1 Å². The molecule has 0 radical (unpaired) electrons. The molecule has 2 aromatic carbocycles. The minimum Gasteiger partial charge on any atom is -0.449 e. The highest BCUT2D eigenvalue weighted by Gasteiger charge is 2.30. The molecule has 33 heavy (non-hydrogen) atoms. The molecule has 3 N–H and O–H groups in total. The molecule has 9 heteroatoms. The Morgan fingerprint density at radius 2 is 1.52 bits per heavy atom. The Morgan fingerprint density at radius 1 is 0.939 bits per heavy atom. The summed E-state index contributed by atoms with van der Waals surface area (Å²) in [7, 11) is 1.27. The first-order chi connectivity index (χ1) is 15.7. The molecule has 0 unspecified atom stereocenters. The van der Waals surface area contributed by atoms with Crippen LogP contribution >= 0.6 is 0 Å². The van der Waals surface area contributed by atoms with Gasteiger partial charge in [-0.2, -0.15) is 0 Å². The standard InChI is InChI=1S/C24H29N3O6/c1-24(2,3)33-22(29)25-13-20(21(28)27-31-4)26-23(30)32-14-19-17-11-7-5-9-15(17)16-10-6-8-12-18(16)19/h5-12,19-20H,13-14H2,1-4H3,(H,25,29)(H,26,30)(H,27,28)/t20-/m1/s1. The summed E-state index contributed by atoms with van der Waals surface area (Å²) < 4.78 is 10.6. The van der Waals surface area contributed by atoms with E-state index >= 15 is 0 Å². The van der Waals surface area contributed by atoms with Crippen LogP contribution in [0.25, 0.3) is 11.1 Å². The van der Waals surface area contributed by atoms with Crippen molar-refractivity contribution >= 4 is 18.1 Å². The summed E-state index contributed by atoms with van der Waals surface area (Å²) in [5.74, 6) is -0.767. The SMILES string of the molecule is CONC(=O)[C@@H](CNC(=O)OC(C)(C)C)NC(=O)OCC1c2ccccc2-c2ccccc21. The molecule has 0 aromatic heterocycles. The van der Waals surface area contributed by atoms with Gasteiger partial charge < -0.3 is 20.1 Å². The summed E-state index contributed by atoms with van der Waals surface area (Å²) in [5.41, 5.74) is 5.82. The molecule has 1 aliphatic carbocycles. The summed E-state index contributed by atoms with van der Waals surface area (Å²) in [5, 5.41) is 4.93. The predicted octanol–water partition coefficient (Wildman–Crippen LogP) is 3.10. The van der Waals surface area contributed by atoms with Crippen molar-refractivity contribution in [3.8, 4) is 11.1 Å². The molecule has 176 valence electrons. The molecule has 9 nitrogen and oxygen atoms in total. The molecule has 1 atom stereocenters. The highest BCUT2D eigenvalue weighted by Crippen LogP contribution is 2.44. The van der Waals surface area contributed by atoms with Gasteiger partial charge in [-0.05, 0) is 43.0 Å². The molecule has 0 aliphatic heterocycles. The van der Waals surface area contributed by atoms with Crippen LogP contribution in [0.1, 0.15) is 37.8 Å². The van der Waals surface area contributed by atoms with Crippen LogP contribution < -0.4 is 16.1 Å². The number of hydrogen-bond acceptors (Lipinski definition) is 6. The molecule has 1 aliphatic rings. The number of nitrogens with one attached hydrogen (secondary N) is 3. The average molecular weight is 456 g/mol. The van der Waals surface area contributed by atoms with Gasteiger partial charge in [-0.3, -0.25) is 9.63 Å². The largest absolute Gasteiger partial charge is 0.449 e. The van der Waals surface area contributed by atoms with Crippen molar-refractivity contribution in [2.75, 3.05) is 20.3 Å². The number of carbonyl (C=O) groups is 3. The Morgan fingerprint density at radius 3 is 2.06 bits per heavy atom. The van der Waals surface area contributed by atoms with E-state index < -0.39 is 29.7 Å². The van der Waals surface area contributed by atoms with E-state index in [1.807, 2.05) is 48.5 Å². The average Bonchev–Trinajstić information content (AvgIpc) is 3.08. The van der Waals surface area contributed by atoms with E-state index in [1.165, 1.54) is 7.11 Å².